The van der Waals surface area contributed by atoms with Crippen LogP contribution in [-0.2, 0) is 38.1 Å². The number of carbonyl (C=O) groups is 4. The highest BCUT2D eigenvalue weighted by molar-refractivity contribution is 5.91. The van der Waals surface area contributed by atoms with E-state index in [0.29, 0.717) is 12.2 Å². The average molecular weight is 342 g/mol. The number of fused-ring (bicyclic) bond motifs is 1. The van der Waals surface area contributed by atoms with Gasteiger partial charge in [0.25, 0.3) is 0 Å². The molecule has 0 aromatic heterocycles. The number of rotatable bonds is 6. The number of ether oxygens (including phenoxy) is 4. The third-order valence-corrected chi connectivity index (χ3v) is 3.22. The molecular weight excluding hydrogens is 328 g/mol. The molecule has 10 nitrogen and oxygen atoms in total. The van der Waals surface area contributed by atoms with E-state index in [1.807, 2.05) is 0 Å². The summed E-state index contributed by atoms with van der Waals surface area (Å²) in [5.74, 6) is -4.29. The summed E-state index contributed by atoms with van der Waals surface area (Å²) in [5, 5.41) is 16.9. The zero-order valence-corrected chi connectivity index (χ0v) is 12.2. The average Bonchev–Trinajstić information content (AvgIpc) is 3.07. The lowest BCUT2D eigenvalue weighted by Crippen LogP contribution is -2.35. The van der Waals surface area contributed by atoms with Crippen LogP contribution in [-0.4, -0.2) is 71.7 Å². The van der Waals surface area contributed by atoms with Crippen molar-refractivity contribution in [2.24, 2.45) is 0 Å². The molecule has 2 aliphatic rings. The largest absolute Gasteiger partial charge is 0.478 e. The van der Waals surface area contributed by atoms with Crippen LogP contribution in [0.3, 0.4) is 0 Å². The molecule has 0 amide bonds. The van der Waals surface area contributed by atoms with Crippen molar-refractivity contribution in [3.8, 4) is 0 Å². The summed E-state index contributed by atoms with van der Waals surface area (Å²) in [4.78, 5) is 43.6. The summed E-state index contributed by atoms with van der Waals surface area (Å²) in [5.41, 5.74) is 0. The van der Waals surface area contributed by atoms with E-state index in [9.17, 15) is 19.2 Å². The number of carboxylic acid groups (broad SMARTS) is 2. The molecule has 0 aromatic carbocycles. The van der Waals surface area contributed by atoms with Crippen LogP contribution in [0.4, 0.5) is 0 Å². The molecule has 2 aliphatic heterocycles. The molecule has 0 saturated carbocycles. The summed E-state index contributed by atoms with van der Waals surface area (Å²) >= 11 is 0. The number of esters is 2. The standard InChI is InChI=1S/C14H14O10/c15-9(16)1-3-11(19)23-7-5-21-14-8(6-22-13(7)14)24-12(20)4-2-10(17)18/h1-4,7-8,13-14H,5-6H2,(H,15,16)(H,17,18)/b3-1-,4-2+/t7-,8+,13+,14+/m0/s1. The molecule has 4 atom stereocenters. The summed E-state index contributed by atoms with van der Waals surface area (Å²) in [6.07, 6.45) is -0.0348. The third-order valence-electron chi connectivity index (χ3n) is 3.22. The Balaban J connectivity index is 1.87. The smallest absolute Gasteiger partial charge is 0.331 e. The van der Waals surface area contributed by atoms with Gasteiger partial charge in [-0.1, -0.05) is 0 Å². The number of hydrogen-bond donors (Lipinski definition) is 2. The van der Waals surface area contributed by atoms with E-state index >= 15 is 0 Å². The van der Waals surface area contributed by atoms with Gasteiger partial charge in [-0.2, -0.15) is 0 Å². The first-order chi connectivity index (χ1) is 11.4. The van der Waals surface area contributed by atoms with Crippen LogP contribution in [0.1, 0.15) is 0 Å². The SMILES string of the molecule is O=C(O)/C=C\C(=O)O[C@H]1CO[C@H]2[C@@H]1OC[C@H]2OC(=O)/C=C/C(=O)O. The number of carbonyl (C=O) groups excluding carboxylic acids is 2. The Kier molecular flexibility index (Phi) is 5.66. The molecule has 2 fully saturated rings. The van der Waals surface area contributed by atoms with Crippen molar-refractivity contribution in [2.45, 2.75) is 24.4 Å². The fraction of sp³-hybridized carbons (Fsp3) is 0.429. The molecule has 10 heteroatoms. The van der Waals surface area contributed by atoms with Gasteiger partial charge in [0.05, 0.1) is 13.2 Å². The van der Waals surface area contributed by atoms with E-state index in [-0.39, 0.29) is 13.2 Å². The molecule has 24 heavy (non-hydrogen) atoms. The van der Waals surface area contributed by atoms with Crippen LogP contribution in [0.5, 0.6) is 0 Å². The van der Waals surface area contributed by atoms with E-state index in [0.717, 1.165) is 12.2 Å². The molecule has 130 valence electrons. The molecule has 0 aromatic rings. The minimum atomic E-state index is -1.29. The van der Waals surface area contributed by atoms with Gasteiger partial charge in [-0.15, -0.1) is 0 Å². The van der Waals surface area contributed by atoms with Crippen molar-refractivity contribution in [1.82, 2.24) is 0 Å². The van der Waals surface area contributed by atoms with E-state index in [1.165, 1.54) is 0 Å². The van der Waals surface area contributed by atoms with Gasteiger partial charge in [-0.25, -0.2) is 19.2 Å². The van der Waals surface area contributed by atoms with Crippen molar-refractivity contribution in [3.05, 3.63) is 24.3 Å². The van der Waals surface area contributed by atoms with Crippen molar-refractivity contribution in [2.75, 3.05) is 13.2 Å². The first-order valence-electron chi connectivity index (χ1n) is 6.83. The predicted molar refractivity (Wildman–Crippen MR) is 72.8 cm³/mol. The second kappa shape index (κ2) is 7.70. The van der Waals surface area contributed by atoms with E-state index < -0.39 is 48.3 Å². The predicted octanol–water partition coefficient (Wildman–Crippen LogP) is -1.11. The van der Waals surface area contributed by atoms with Gasteiger partial charge in [-0.3, -0.25) is 0 Å². The first kappa shape index (κ1) is 17.6. The van der Waals surface area contributed by atoms with Crippen molar-refractivity contribution >= 4 is 23.9 Å². The van der Waals surface area contributed by atoms with E-state index in [1.54, 1.807) is 0 Å². The Morgan fingerprint density at radius 2 is 1.12 bits per heavy atom. The number of hydrogen-bond acceptors (Lipinski definition) is 8. The Morgan fingerprint density at radius 3 is 1.46 bits per heavy atom. The molecule has 0 aliphatic carbocycles. The molecule has 0 unspecified atom stereocenters. The van der Waals surface area contributed by atoms with Crippen molar-refractivity contribution in [1.29, 1.82) is 0 Å². The molecule has 0 spiro atoms. The van der Waals surface area contributed by atoms with E-state index in [4.69, 9.17) is 29.2 Å². The van der Waals surface area contributed by atoms with Crippen molar-refractivity contribution < 1.29 is 48.3 Å². The van der Waals surface area contributed by atoms with Crippen LogP contribution in [0, 0.1) is 0 Å². The topological polar surface area (TPSA) is 146 Å². The summed E-state index contributed by atoms with van der Waals surface area (Å²) in [6.45, 7) is 0.00199. The normalized spacial score (nSPS) is 28.8. The second-order valence-electron chi connectivity index (χ2n) is 4.89. The number of carboxylic acids is 2. The van der Waals surface area contributed by atoms with Crippen LogP contribution >= 0.6 is 0 Å². The Labute approximate surface area is 135 Å². The van der Waals surface area contributed by atoms with Gasteiger partial charge in [0, 0.05) is 24.3 Å². The fourth-order valence-corrected chi connectivity index (χ4v) is 2.29. The quantitative estimate of drug-likeness (QED) is 0.450. The van der Waals surface area contributed by atoms with Gasteiger partial charge in [0.15, 0.2) is 12.2 Å². The Hall–Kier alpha value is -2.72. The fourth-order valence-electron chi connectivity index (χ4n) is 2.29. The lowest BCUT2D eigenvalue weighted by atomic mass is 10.1. The maximum absolute atomic E-state index is 11.5. The molecular formula is C14H14O10. The molecule has 0 radical (unpaired) electrons. The monoisotopic (exact) mass is 342 g/mol. The molecule has 2 saturated heterocycles. The van der Waals surface area contributed by atoms with Crippen LogP contribution < -0.4 is 0 Å². The minimum absolute atomic E-state index is 0.000993. The Morgan fingerprint density at radius 1 is 0.750 bits per heavy atom. The van der Waals surface area contributed by atoms with Crippen LogP contribution in [0.25, 0.3) is 0 Å². The molecule has 2 heterocycles. The zero-order chi connectivity index (χ0) is 17.7. The van der Waals surface area contributed by atoms with Gasteiger partial charge in [-0.05, 0) is 0 Å². The number of aliphatic carboxylic acids is 2. The summed E-state index contributed by atoms with van der Waals surface area (Å²) in [6, 6.07) is 0. The Bertz CT molecular complexity index is 540. The van der Waals surface area contributed by atoms with Crippen LogP contribution in [0.2, 0.25) is 0 Å². The molecule has 2 N–H and O–H groups in total. The highest BCUT2D eigenvalue weighted by Crippen LogP contribution is 2.30. The van der Waals surface area contributed by atoms with Crippen molar-refractivity contribution in [3.63, 3.8) is 0 Å². The highest BCUT2D eigenvalue weighted by atomic mass is 16.7. The lowest BCUT2D eigenvalue weighted by Gasteiger charge is -2.16. The first-order valence-corrected chi connectivity index (χ1v) is 6.83. The van der Waals surface area contributed by atoms with Gasteiger partial charge < -0.3 is 29.2 Å². The van der Waals surface area contributed by atoms with Gasteiger partial charge >= 0.3 is 23.9 Å². The summed E-state index contributed by atoms with van der Waals surface area (Å²) < 4.78 is 20.9. The van der Waals surface area contributed by atoms with E-state index in [2.05, 4.69) is 0 Å². The third kappa shape index (κ3) is 4.64. The van der Waals surface area contributed by atoms with Crippen LogP contribution in [0.15, 0.2) is 24.3 Å². The second-order valence-corrected chi connectivity index (χ2v) is 4.89. The highest BCUT2D eigenvalue weighted by Gasteiger charge is 2.50. The zero-order valence-electron chi connectivity index (χ0n) is 12.2. The maximum Gasteiger partial charge on any atom is 0.331 e. The minimum Gasteiger partial charge on any atom is -0.478 e. The maximum atomic E-state index is 11.5. The molecule has 0 bridgehead atoms. The van der Waals surface area contributed by atoms with Gasteiger partial charge in [0.2, 0.25) is 0 Å². The molecule has 2 rings (SSSR count). The van der Waals surface area contributed by atoms with Gasteiger partial charge in [0.1, 0.15) is 12.2 Å². The lowest BCUT2D eigenvalue weighted by molar-refractivity contribution is -0.149. The summed E-state index contributed by atoms with van der Waals surface area (Å²) in [7, 11) is 0.